The molecule has 0 radical (unpaired) electrons. The van der Waals surface area contributed by atoms with E-state index in [-0.39, 0.29) is 11.9 Å². The molecule has 0 spiro atoms. The lowest BCUT2D eigenvalue weighted by Crippen LogP contribution is -2.25. The number of ether oxygens (including phenoxy) is 3. The average molecular weight is 354 g/mol. The van der Waals surface area contributed by atoms with Gasteiger partial charge in [-0.15, -0.1) is 0 Å². The summed E-state index contributed by atoms with van der Waals surface area (Å²) in [5.41, 5.74) is 0.884. The molecule has 5 nitrogen and oxygen atoms in total. The van der Waals surface area contributed by atoms with Crippen LogP contribution in [0.15, 0.2) is 42.5 Å². The maximum Gasteiger partial charge on any atom is 0.323 e. The second-order valence-corrected chi connectivity index (χ2v) is 7.20. The lowest BCUT2D eigenvalue weighted by molar-refractivity contribution is -0.143. The lowest BCUT2D eigenvalue weighted by Gasteiger charge is -2.17. The van der Waals surface area contributed by atoms with Crippen molar-refractivity contribution >= 4 is 11.9 Å². The Morgan fingerprint density at radius 3 is 2.35 bits per heavy atom. The molecule has 5 heteroatoms. The fourth-order valence-corrected chi connectivity index (χ4v) is 2.70. The third-order valence-electron chi connectivity index (χ3n) is 4.09. The summed E-state index contributed by atoms with van der Waals surface area (Å²) in [6.07, 6.45) is 0. The molecule has 0 saturated heterocycles. The monoisotopic (exact) mass is 354 g/mol. The summed E-state index contributed by atoms with van der Waals surface area (Å²) in [6, 6.07) is 12.3. The first-order valence-corrected chi connectivity index (χ1v) is 8.60. The van der Waals surface area contributed by atoms with Crippen molar-refractivity contribution in [2.24, 2.45) is 5.41 Å². The van der Waals surface area contributed by atoms with E-state index in [1.165, 1.54) is 0 Å². The van der Waals surface area contributed by atoms with Crippen molar-refractivity contribution in [3.63, 3.8) is 0 Å². The Labute approximate surface area is 152 Å². The van der Waals surface area contributed by atoms with Crippen molar-refractivity contribution in [3.05, 3.63) is 53.6 Å². The number of carbonyl (C=O) groups excluding carboxylic acids is 2. The van der Waals surface area contributed by atoms with E-state index in [9.17, 15) is 9.59 Å². The van der Waals surface area contributed by atoms with Crippen LogP contribution < -0.4 is 14.2 Å². The molecular weight excluding hydrogens is 332 g/mol. The van der Waals surface area contributed by atoms with Gasteiger partial charge in [0.15, 0.2) is 0 Å². The number of benzene rings is 2. The van der Waals surface area contributed by atoms with E-state index < -0.39 is 11.3 Å². The Bertz CT molecular complexity index is 830. The van der Waals surface area contributed by atoms with E-state index in [1.807, 2.05) is 31.2 Å². The third kappa shape index (κ3) is 3.57. The Morgan fingerprint density at radius 1 is 1.08 bits per heavy atom. The minimum atomic E-state index is -0.611. The van der Waals surface area contributed by atoms with Crippen molar-refractivity contribution < 1.29 is 23.8 Å². The number of esters is 2. The van der Waals surface area contributed by atoms with Crippen molar-refractivity contribution in [1.29, 1.82) is 0 Å². The first kappa shape index (κ1) is 18.0. The van der Waals surface area contributed by atoms with Crippen LogP contribution in [0.25, 0.3) is 0 Å². The molecule has 3 rings (SSSR count). The van der Waals surface area contributed by atoms with Gasteiger partial charge in [-0.05, 0) is 63.6 Å². The molecule has 0 aliphatic carbocycles. The molecule has 1 atom stereocenters. The fraction of sp³-hybridized carbons (Fsp3) is 0.333. The summed E-state index contributed by atoms with van der Waals surface area (Å²) in [6.45, 7) is 7.86. The fourth-order valence-electron chi connectivity index (χ4n) is 2.70. The Hall–Kier alpha value is -2.82. The number of rotatable bonds is 4. The first-order valence-electron chi connectivity index (χ1n) is 8.60. The molecular formula is C21H22O5. The number of hydrogen-bond donors (Lipinski definition) is 0. The Kier molecular flexibility index (Phi) is 4.72. The van der Waals surface area contributed by atoms with Gasteiger partial charge >= 0.3 is 11.9 Å². The van der Waals surface area contributed by atoms with Crippen LogP contribution in [0.3, 0.4) is 0 Å². The topological polar surface area (TPSA) is 61.8 Å². The average Bonchev–Trinajstić information content (AvgIpc) is 2.90. The lowest BCUT2D eigenvalue weighted by atomic mass is 9.92. The quantitative estimate of drug-likeness (QED) is 0.611. The third-order valence-corrected chi connectivity index (χ3v) is 4.09. The highest BCUT2D eigenvalue weighted by Gasteiger charge is 2.35. The zero-order chi connectivity index (χ0) is 18.9. The van der Waals surface area contributed by atoms with E-state index in [4.69, 9.17) is 14.2 Å². The molecule has 1 heterocycles. The van der Waals surface area contributed by atoms with Crippen LogP contribution in [0.2, 0.25) is 0 Å². The van der Waals surface area contributed by atoms with Gasteiger partial charge in [0, 0.05) is 5.56 Å². The van der Waals surface area contributed by atoms with Crippen LogP contribution >= 0.6 is 0 Å². The van der Waals surface area contributed by atoms with Gasteiger partial charge in [0.05, 0.1) is 12.0 Å². The van der Waals surface area contributed by atoms with E-state index in [0.717, 1.165) is 11.3 Å². The summed E-state index contributed by atoms with van der Waals surface area (Å²) in [5, 5.41) is 0. The molecule has 1 aliphatic heterocycles. The van der Waals surface area contributed by atoms with Crippen molar-refractivity contribution in [1.82, 2.24) is 0 Å². The van der Waals surface area contributed by atoms with Crippen molar-refractivity contribution in [2.45, 2.75) is 33.6 Å². The molecule has 0 amide bonds. The summed E-state index contributed by atoms with van der Waals surface area (Å²) in [5.74, 6) is 0.413. The molecule has 26 heavy (non-hydrogen) atoms. The minimum Gasteiger partial charge on any atom is -0.494 e. The van der Waals surface area contributed by atoms with Gasteiger partial charge in [-0.1, -0.05) is 12.1 Å². The summed E-state index contributed by atoms with van der Waals surface area (Å²) >= 11 is 0. The predicted molar refractivity (Wildman–Crippen MR) is 96.6 cm³/mol. The summed E-state index contributed by atoms with van der Waals surface area (Å²) in [7, 11) is 0. The molecule has 136 valence electrons. The zero-order valence-corrected chi connectivity index (χ0v) is 15.4. The minimum absolute atomic E-state index is 0.333. The molecule has 2 aromatic carbocycles. The van der Waals surface area contributed by atoms with Gasteiger partial charge in [-0.25, -0.2) is 0 Å². The highest BCUT2D eigenvalue weighted by Crippen LogP contribution is 2.41. The van der Waals surface area contributed by atoms with Crippen LogP contribution in [0.4, 0.5) is 0 Å². The molecule has 0 N–H and O–H groups in total. The smallest absolute Gasteiger partial charge is 0.323 e. The molecule has 0 aromatic heterocycles. The van der Waals surface area contributed by atoms with Gasteiger partial charge < -0.3 is 14.2 Å². The number of hydrogen-bond acceptors (Lipinski definition) is 5. The highest BCUT2D eigenvalue weighted by atomic mass is 16.5. The first-order chi connectivity index (χ1) is 12.3. The zero-order valence-electron chi connectivity index (χ0n) is 15.4. The Morgan fingerprint density at radius 2 is 1.73 bits per heavy atom. The predicted octanol–water partition coefficient (Wildman–Crippen LogP) is 4.09. The van der Waals surface area contributed by atoms with Gasteiger partial charge in [-0.3, -0.25) is 9.59 Å². The van der Waals surface area contributed by atoms with Crippen LogP contribution in [-0.2, 0) is 9.59 Å². The second-order valence-electron chi connectivity index (χ2n) is 7.20. The largest absolute Gasteiger partial charge is 0.494 e. The van der Waals surface area contributed by atoms with Gasteiger partial charge in [0.2, 0.25) is 0 Å². The summed E-state index contributed by atoms with van der Waals surface area (Å²) in [4.78, 5) is 24.5. The molecule has 0 bridgehead atoms. The van der Waals surface area contributed by atoms with E-state index in [1.54, 1.807) is 39.0 Å². The standard InChI is InChI=1S/C21H22O5/c1-5-24-14-8-6-13(7-9-14)18-16-12-15(25-20(23)21(2,3)4)10-11-17(16)26-19(18)22/h6-12,18H,5H2,1-4H3. The van der Waals surface area contributed by atoms with E-state index in [2.05, 4.69) is 0 Å². The molecule has 0 fully saturated rings. The van der Waals surface area contributed by atoms with Crippen LogP contribution in [0.5, 0.6) is 17.2 Å². The van der Waals surface area contributed by atoms with Crippen LogP contribution in [0.1, 0.15) is 44.7 Å². The maximum absolute atomic E-state index is 12.4. The van der Waals surface area contributed by atoms with E-state index in [0.29, 0.717) is 23.7 Å². The molecule has 2 aromatic rings. The van der Waals surface area contributed by atoms with Gasteiger partial charge in [0.1, 0.15) is 23.2 Å². The second kappa shape index (κ2) is 6.83. The molecule has 1 aliphatic rings. The van der Waals surface area contributed by atoms with Crippen molar-refractivity contribution in [2.75, 3.05) is 6.61 Å². The molecule has 1 unspecified atom stereocenters. The highest BCUT2D eigenvalue weighted by molar-refractivity contribution is 5.90. The van der Waals surface area contributed by atoms with Crippen LogP contribution in [-0.4, -0.2) is 18.5 Å². The molecule has 0 saturated carbocycles. The summed E-state index contributed by atoms with van der Waals surface area (Å²) < 4.78 is 16.3. The van der Waals surface area contributed by atoms with Crippen LogP contribution in [0, 0.1) is 5.41 Å². The van der Waals surface area contributed by atoms with Gasteiger partial charge in [-0.2, -0.15) is 0 Å². The van der Waals surface area contributed by atoms with E-state index >= 15 is 0 Å². The number of carbonyl (C=O) groups is 2. The van der Waals surface area contributed by atoms with Gasteiger partial charge in [0.25, 0.3) is 0 Å². The maximum atomic E-state index is 12.4. The SMILES string of the molecule is CCOc1ccc(C2C(=O)Oc3ccc(OC(=O)C(C)(C)C)cc32)cc1. The Balaban J connectivity index is 1.90. The van der Waals surface area contributed by atoms with Crippen molar-refractivity contribution in [3.8, 4) is 17.2 Å². The normalized spacial score (nSPS) is 16.0. The number of fused-ring (bicyclic) bond motifs is 1.